The summed E-state index contributed by atoms with van der Waals surface area (Å²) in [5, 5.41) is 0.914. The van der Waals surface area contributed by atoms with Crippen LogP contribution in [0.25, 0.3) is 11.0 Å². The Morgan fingerprint density at radius 1 is 1.12 bits per heavy atom. The highest BCUT2D eigenvalue weighted by Crippen LogP contribution is 2.26. The summed E-state index contributed by atoms with van der Waals surface area (Å²) in [7, 11) is 1.66. The van der Waals surface area contributed by atoms with Gasteiger partial charge in [-0.15, -0.1) is 0 Å². The number of hydrogen-bond acceptors (Lipinski definition) is 4. The second-order valence-corrected chi connectivity index (χ2v) is 8.76. The van der Waals surface area contributed by atoms with E-state index in [0.29, 0.717) is 10.6 Å². The van der Waals surface area contributed by atoms with Gasteiger partial charge in [-0.1, -0.05) is 36.0 Å². The van der Waals surface area contributed by atoms with Gasteiger partial charge in [0.25, 0.3) is 0 Å². The minimum atomic E-state index is -3.41. The Morgan fingerprint density at radius 3 is 2.58 bits per heavy atom. The number of rotatable bonds is 5. The van der Waals surface area contributed by atoms with Gasteiger partial charge in [-0.25, -0.2) is 17.7 Å². The van der Waals surface area contributed by atoms with E-state index in [9.17, 15) is 8.42 Å². The van der Waals surface area contributed by atoms with Crippen LogP contribution in [-0.4, -0.2) is 36.4 Å². The lowest BCUT2D eigenvalue weighted by Gasteiger charge is -2.12. The highest BCUT2D eigenvalue weighted by molar-refractivity contribution is 7.98. The fraction of sp³-hybridized carbons (Fsp3) is 0.235. The van der Waals surface area contributed by atoms with Crippen LogP contribution in [0.2, 0.25) is 0 Å². The molecule has 0 saturated carbocycles. The third-order valence-corrected chi connectivity index (χ3v) is 6.70. The van der Waals surface area contributed by atoms with E-state index in [0.717, 1.165) is 21.8 Å². The summed E-state index contributed by atoms with van der Waals surface area (Å²) in [6.45, 7) is 0. The molecule has 3 aromatic rings. The maximum atomic E-state index is 12.2. The number of sulfonamides is 1. The number of benzene rings is 2. The van der Waals surface area contributed by atoms with Gasteiger partial charge in [-0.2, -0.15) is 0 Å². The Hall–Kier alpha value is -1.83. The molecule has 0 fully saturated rings. The first-order valence-corrected chi connectivity index (χ1v) is 9.88. The van der Waals surface area contributed by atoms with Gasteiger partial charge in [-0.3, -0.25) is 0 Å². The van der Waals surface area contributed by atoms with Gasteiger partial charge in [0.1, 0.15) is 0 Å². The van der Waals surface area contributed by atoms with Crippen molar-refractivity contribution in [2.45, 2.75) is 15.8 Å². The first-order valence-electron chi connectivity index (χ1n) is 7.45. The molecular formula is C17H19N3O2S2. The van der Waals surface area contributed by atoms with Crippen molar-refractivity contribution in [3.8, 4) is 0 Å². The largest absolute Gasteiger partial charge is 0.322 e. The summed E-state index contributed by atoms with van der Waals surface area (Å²) in [5.41, 5.74) is 3.00. The minimum absolute atomic E-state index is 0.315. The summed E-state index contributed by atoms with van der Waals surface area (Å²) in [5.74, 6) is 0.661. The van der Waals surface area contributed by atoms with E-state index in [4.69, 9.17) is 0 Å². The summed E-state index contributed by atoms with van der Waals surface area (Å²) >= 11 is 1.60. The van der Waals surface area contributed by atoms with Gasteiger partial charge in [0.05, 0.1) is 15.9 Å². The Labute approximate surface area is 146 Å². The van der Waals surface area contributed by atoms with Crippen LogP contribution in [0.15, 0.2) is 58.6 Å². The quantitative estimate of drug-likeness (QED) is 0.655. The zero-order valence-corrected chi connectivity index (χ0v) is 15.4. The molecule has 0 aliphatic carbocycles. The molecule has 126 valence electrons. The van der Waals surface area contributed by atoms with Gasteiger partial charge in [0.15, 0.2) is 5.16 Å². The molecule has 5 nitrogen and oxygen atoms in total. The minimum Gasteiger partial charge on any atom is -0.322 e. The summed E-state index contributed by atoms with van der Waals surface area (Å²) in [4.78, 5) is 4.94. The SMILES string of the molecule is CN(C)S(=O)(=O)c1cccc(CSc2nc3ccccc3n2C)c1. The molecule has 0 radical (unpaired) electrons. The molecule has 7 heteroatoms. The molecule has 0 aliphatic heterocycles. The van der Waals surface area contributed by atoms with Gasteiger partial charge >= 0.3 is 0 Å². The highest BCUT2D eigenvalue weighted by atomic mass is 32.2. The monoisotopic (exact) mass is 361 g/mol. The van der Waals surface area contributed by atoms with Crippen molar-refractivity contribution in [3.05, 3.63) is 54.1 Å². The second kappa shape index (κ2) is 6.58. The van der Waals surface area contributed by atoms with Crippen molar-refractivity contribution in [2.75, 3.05) is 14.1 Å². The molecule has 1 heterocycles. The van der Waals surface area contributed by atoms with E-state index in [1.165, 1.54) is 18.4 Å². The smallest absolute Gasteiger partial charge is 0.242 e. The van der Waals surface area contributed by atoms with Gasteiger partial charge in [0, 0.05) is 26.9 Å². The van der Waals surface area contributed by atoms with Crippen LogP contribution < -0.4 is 0 Å². The Kier molecular flexibility index (Phi) is 4.67. The van der Waals surface area contributed by atoms with Crippen molar-refractivity contribution >= 4 is 32.8 Å². The van der Waals surface area contributed by atoms with E-state index in [-0.39, 0.29) is 0 Å². The van der Waals surface area contributed by atoms with Crippen LogP contribution in [0.4, 0.5) is 0 Å². The lowest BCUT2D eigenvalue weighted by Crippen LogP contribution is -2.22. The number of aromatic nitrogens is 2. The van der Waals surface area contributed by atoms with Crippen LogP contribution in [-0.2, 0) is 22.8 Å². The van der Waals surface area contributed by atoms with Crippen LogP contribution in [0.5, 0.6) is 0 Å². The number of fused-ring (bicyclic) bond motifs is 1. The molecular weight excluding hydrogens is 342 g/mol. The fourth-order valence-corrected chi connectivity index (χ4v) is 4.31. The molecule has 0 amide bonds. The maximum Gasteiger partial charge on any atom is 0.242 e. The Bertz CT molecular complexity index is 978. The fourth-order valence-electron chi connectivity index (χ4n) is 2.41. The van der Waals surface area contributed by atoms with Crippen LogP contribution >= 0.6 is 11.8 Å². The lowest BCUT2D eigenvalue weighted by molar-refractivity contribution is 0.520. The van der Waals surface area contributed by atoms with Crippen molar-refractivity contribution in [1.82, 2.24) is 13.9 Å². The molecule has 3 rings (SSSR count). The number of thioether (sulfide) groups is 1. The standard InChI is InChI=1S/C17H19N3O2S2/c1-19(2)24(21,22)14-8-6-7-13(11-14)12-23-17-18-15-9-4-5-10-16(15)20(17)3/h4-11H,12H2,1-3H3. The number of hydrogen-bond donors (Lipinski definition) is 0. The van der Waals surface area contributed by atoms with Crippen molar-refractivity contribution < 1.29 is 8.42 Å². The van der Waals surface area contributed by atoms with Gasteiger partial charge in [-0.05, 0) is 29.8 Å². The van der Waals surface area contributed by atoms with Crippen molar-refractivity contribution in [2.24, 2.45) is 7.05 Å². The van der Waals surface area contributed by atoms with Crippen molar-refractivity contribution in [3.63, 3.8) is 0 Å². The summed E-state index contributed by atoms with van der Waals surface area (Å²) < 4.78 is 27.7. The molecule has 0 bridgehead atoms. The third kappa shape index (κ3) is 3.19. The molecule has 0 N–H and O–H groups in total. The summed E-state index contributed by atoms with van der Waals surface area (Å²) in [6.07, 6.45) is 0. The molecule has 0 unspecified atom stereocenters. The molecule has 24 heavy (non-hydrogen) atoms. The Morgan fingerprint density at radius 2 is 1.88 bits per heavy atom. The van der Waals surface area contributed by atoms with Gasteiger partial charge in [0.2, 0.25) is 10.0 Å². The highest BCUT2D eigenvalue weighted by Gasteiger charge is 2.17. The van der Waals surface area contributed by atoms with E-state index in [1.54, 1.807) is 30.0 Å². The zero-order chi connectivity index (χ0) is 17.3. The number of imidazole rings is 1. The predicted octanol–water partition coefficient (Wildman–Crippen LogP) is 3.12. The van der Waals surface area contributed by atoms with E-state index in [1.807, 2.05) is 37.4 Å². The van der Waals surface area contributed by atoms with E-state index >= 15 is 0 Å². The first kappa shape index (κ1) is 17.0. The zero-order valence-electron chi connectivity index (χ0n) is 13.8. The molecule has 0 spiro atoms. The number of aryl methyl sites for hydroxylation is 1. The topological polar surface area (TPSA) is 55.2 Å². The number of para-hydroxylation sites is 2. The normalized spacial score (nSPS) is 12.2. The summed E-state index contributed by atoms with van der Waals surface area (Å²) in [6, 6.07) is 15.1. The molecule has 2 aromatic carbocycles. The lowest BCUT2D eigenvalue weighted by atomic mass is 10.2. The maximum absolute atomic E-state index is 12.2. The average Bonchev–Trinajstić information content (AvgIpc) is 2.89. The molecule has 0 atom stereocenters. The number of nitrogens with zero attached hydrogens (tertiary/aromatic N) is 3. The van der Waals surface area contributed by atoms with E-state index in [2.05, 4.69) is 9.55 Å². The average molecular weight is 361 g/mol. The van der Waals surface area contributed by atoms with Crippen LogP contribution in [0.3, 0.4) is 0 Å². The molecule has 1 aromatic heterocycles. The van der Waals surface area contributed by atoms with E-state index < -0.39 is 10.0 Å². The molecule has 0 saturated heterocycles. The van der Waals surface area contributed by atoms with Crippen molar-refractivity contribution in [1.29, 1.82) is 0 Å². The van der Waals surface area contributed by atoms with Crippen LogP contribution in [0, 0.1) is 0 Å². The Balaban J connectivity index is 1.83. The second-order valence-electron chi connectivity index (χ2n) is 5.67. The molecule has 0 aliphatic rings. The predicted molar refractivity (Wildman–Crippen MR) is 97.6 cm³/mol. The third-order valence-electron chi connectivity index (χ3n) is 3.79. The first-order chi connectivity index (χ1) is 11.4. The van der Waals surface area contributed by atoms with Gasteiger partial charge < -0.3 is 4.57 Å². The van der Waals surface area contributed by atoms with Crippen LogP contribution in [0.1, 0.15) is 5.56 Å².